The highest BCUT2D eigenvalue weighted by atomic mass is 14.8. The van der Waals surface area contributed by atoms with Crippen molar-refractivity contribution >= 4 is 0 Å². The molecule has 0 aliphatic heterocycles. The quantitative estimate of drug-likeness (QED) is 0.860. The SMILES string of the molecule is Cc1ccc(C)c(CNCc2ccc(CN)cc2)c1. The molecule has 0 amide bonds. The van der Waals surface area contributed by atoms with Crippen LogP contribution in [0.1, 0.15) is 27.8 Å². The van der Waals surface area contributed by atoms with E-state index in [2.05, 4.69) is 61.6 Å². The summed E-state index contributed by atoms with van der Waals surface area (Å²) >= 11 is 0. The molecule has 3 N–H and O–H groups in total. The van der Waals surface area contributed by atoms with Gasteiger partial charge >= 0.3 is 0 Å². The van der Waals surface area contributed by atoms with Gasteiger partial charge in [0.15, 0.2) is 0 Å². The summed E-state index contributed by atoms with van der Waals surface area (Å²) in [4.78, 5) is 0. The second-order valence-electron chi connectivity index (χ2n) is 5.05. The molecule has 0 bridgehead atoms. The lowest BCUT2D eigenvalue weighted by Gasteiger charge is -2.09. The van der Waals surface area contributed by atoms with Crippen LogP contribution in [-0.4, -0.2) is 0 Å². The lowest BCUT2D eigenvalue weighted by atomic mass is 10.1. The van der Waals surface area contributed by atoms with E-state index in [0.29, 0.717) is 6.54 Å². The smallest absolute Gasteiger partial charge is 0.0211 e. The van der Waals surface area contributed by atoms with Crippen LogP contribution in [0.25, 0.3) is 0 Å². The molecular formula is C17H22N2. The molecule has 0 aliphatic carbocycles. The van der Waals surface area contributed by atoms with Gasteiger partial charge in [0.1, 0.15) is 0 Å². The Morgan fingerprint density at radius 2 is 1.58 bits per heavy atom. The second kappa shape index (κ2) is 6.50. The molecule has 0 saturated carbocycles. The molecule has 0 heterocycles. The van der Waals surface area contributed by atoms with E-state index in [-0.39, 0.29) is 0 Å². The zero-order chi connectivity index (χ0) is 13.7. The Labute approximate surface area is 115 Å². The maximum absolute atomic E-state index is 5.59. The molecule has 0 spiro atoms. The van der Waals surface area contributed by atoms with Gasteiger partial charge in [0.05, 0.1) is 0 Å². The summed E-state index contributed by atoms with van der Waals surface area (Å²) in [5, 5.41) is 3.49. The van der Waals surface area contributed by atoms with Crippen LogP contribution in [0, 0.1) is 13.8 Å². The average Bonchev–Trinajstić information content (AvgIpc) is 2.43. The van der Waals surface area contributed by atoms with Crippen LogP contribution in [0.3, 0.4) is 0 Å². The summed E-state index contributed by atoms with van der Waals surface area (Å²) in [6, 6.07) is 15.0. The second-order valence-corrected chi connectivity index (χ2v) is 5.05. The maximum atomic E-state index is 5.59. The third-order valence-corrected chi connectivity index (χ3v) is 3.41. The molecule has 0 aliphatic rings. The Morgan fingerprint density at radius 3 is 2.26 bits per heavy atom. The number of nitrogens with one attached hydrogen (secondary N) is 1. The monoisotopic (exact) mass is 254 g/mol. The van der Waals surface area contributed by atoms with E-state index in [0.717, 1.165) is 13.1 Å². The molecule has 0 atom stereocenters. The van der Waals surface area contributed by atoms with Gasteiger partial charge in [-0.1, -0.05) is 48.0 Å². The van der Waals surface area contributed by atoms with Crippen LogP contribution in [0.2, 0.25) is 0 Å². The van der Waals surface area contributed by atoms with E-state index in [1.165, 1.54) is 27.8 Å². The zero-order valence-corrected chi connectivity index (χ0v) is 11.7. The van der Waals surface area contributed by atoms with E-state index in [9.17, 15) is 0 Å². The first-order valence-electron chi connectivity index (χ1n) is 6.74. The van der Waals surface area contributed by atoms with Gasteiger partial charge in [0.2, 0.25) is 0 Å². The molecule has 100 valence electrons. The molecule has 19 heavy (non-hydrogen) atoms. The summed E-state index contributed by atoms with van der Waals surface area (Å²) in [6.45, 7) is 6.70. The van der Waals surface area contributed by atoms with Crippen molar-refractivity contribution in [2.45, 2.75) is 33.5 Å². The fourth-order valence-corrected chi connectivity index (χ4v) is 2.13. The van der Waals surface area contributed by atoms with Gasteiger partial charge in [-0.2, -0.15) is 0 Å². The number of hydrogen-bond donors (Lipinski definition) is 2. The Balaban J connectivity index is 1.90. The van der Waals surface area contributed by atoms with Crippen molar-refractivity contribution in [2.24, 2.45) is 5.73 Å². The van der Waals surface area contributed by atoms with E-state index in [1.807, 2.05) is 0 Å². The largest absolute Gasteiger partial charge is 0.326 e. The third-order valence-electron chi connectivity index (χ3n) is 3.41. The highest BCUT2D eigenvalue weighted by Crippen LogP contribution is 2.11. The topological polar surface area (TPSA) is 38.0 Å². The van der Waals surface area contributed by atoms with Crippen molar-refractivity contribution in [3.05, 3.63) is 70.3 Å². The first-order valence-corrected chi connectivity index (χ1v) is 6.74. The minimum Gasteiger partial charge on any atom is -0.326 e. The number of hydrogen-bond acceptors (Lipinski definition) is 2. The third kappa shape index (κ3) is 3.91. The Kier molecular flexibility index (Phi) is 4.72. The van der Waals surface area contributed by atoms with Crippen molar-refractivity contribution in [2.75, 3.05) is 0 Å². The van der Waals surface area contributed by atoms with Gasteiger partial charge in [-0.3, -0.25) is 0 Å². The van der Waals surface area contributed by atoms with Crippen LogP contribution in [0.5, 0.6) is 0 Å². The normalized spacial score (nSPS) is 10.7. The standard InChI is InChI=1S/C17H22N2/c1-13-3-4-14(2)17(9-13)12-19-11-16-7-5-15(10-18)6-8-16/h3-9,19H,10-12,18H2,1-2H3. The molecule has 0 fully saturated rings. The average molecular weight is 254 g/mol. The molecular weight excluding hydrogens is 232 g/mol. The summed E-state index contributed by atoms with van der Waals surface area (Å²) in [5.74, 6) is 0. The highest BCUT2D eigenvalue weighted by molar-refractivity contribution is 5.30. The van der Waals surface area contributed by atoms with Gasteiger partial charge in [-0.25, -0.2) is 0 Å². The number of aryl methyl sites for hydroxylation is 2. The van der Waals surface area contributed by atoms with E-state index in [1.54, 1.807) is 0 Å². The van der Waals surface area contributed by atoms with Gasteiger partial charge in [0, 0.05) is 19.6 Å². The van der Waals surface area contributed by atoms with Crippen LogP contribution in [0.15, 0.2) is 42.5 Å². The predicted molar refractivity (Wildman–Crippen MR) is 80.8 cm³/mol. The number of benzene rings is 2. The molecule has 2 rings (SSSR count). The summed E-state index contributed by atoms with van der Waals surface area (Å²) < 4.78 is 0. The van der Waals surface area contributed by atoms with Gasteiger partial charge in [-0.05, 0) is 36.1 Å². The predicted octanol–water partition coefficient (Wildman–Crippen LogP) is 3.05. The minimum atomic E-state index is 0.607. The van der Waals surface area contributed by atoms with Crippen LogP contribution < -0.4 is 11.1 Å². The minimum absolute atomic E-state index is 0.607. The van der Waals surface area contributed by atoms with Crippen LogP contribution in [0.4, 0.5) is 0 Å². The Morgan fingerprint density at radius 1 is 0.895 bits per heavy atom. The molecule has 2 aromatic rings. The first-order chi connectivity index (χ1) is 9.19. The molecule has 2 aromatic carbocycles. The highest BCUT2D eigenvalue weighted by Gasteiger charge is 1.99. The Bertz CT molecular complexity index is 529. The number of rotatable bonds is 5. The fraction of sp³-hybridized carbons (Fsp3) is 0.294. The molecule has 0 unspecified atom stereocenters. The van der Waals surface area contributed by atoms with Crippen molar-refractivity contribution < 1.29 is 0 Å². The Hall–Kier alpha value is -1.64. The summed E-state index contributed by atoms with van der Waals surface area (Å²) in [5.41, 5.74) is 12.1. The van der Waals surface area contributed by atoms with Crippen molar-refractivity contribution in [3.63, 3.8) is 0 Å². The van der Waals surface area contributed by atoms with Crippen LogP contribution >= 0.6 is 0 Å². The van der Waals surface area contributed by atoms with Crippen molar-refractivity contribution in [3.8, 4) is 0 Å². The van der Waals surface area contributed by atoms with E-state index < -0.39 is 0 Å². The van der Waals surface area contributed by atoms with Gasteiger partial charge in [-0.15, -0.1) is 0 Å². The molecule has 0 saturated heterocycles. The van der Waals surface area contributed by atoms with Gasteiger partial charge < -0.3 is 11.1 Å². The zero-order valence-electron chi connectivity index (χ0n) is 11.7. The molecule has 0 radical (unpaired) electrons. The lowest BCUT2D eigenvalue weighted by Crippen LogP contribution is -2.13. The lowest BCUT2D eigenvalue weighted by molar-refractivity contribution is 0.690. The van der Waals surface area contributed by atoms with Crippen molar-refractivity contribution in [1.29, 1.82) is 0 Å². The number of nitrogens with two attached hydrogens (primary N) is 1. The summed E-state index contributed by atoms with van der Waals surface area (Å²) in [7, 11) is 0. The van der Waals surface area contributed by atoms with Crippen molar-refractivity contribution in [1.82, 2.24) is 5.32 Å². The molecule has 2 nitrogen and oxygen atoms in total. The van der Waals surface area contributed by atoms with Crippen LogP contribution in [-0.2, 0) is 19.6 Å². The first kappa shape index (κ1) is 13.8. The van der Waals surface area contributed by atoms with Gasteiger partial charge in [0.25, 0.3) is 0 Å². The molecule has 0 aromatic heterocycles. The molecule has 2 heteroatoms. The maximum Gasteiger partial charge on any atom is 0.0211 e. The summed E-state index contributed by atoms with van der Waals surface area (Å²) in [6.07, 6.45) is 0. The fourth-order valence-electron chi connectivity index (χ4n) is 2.13. The van der Waals surface area contributed by atoms with E-state index in [4.69, 9.17) is 5.73 Å². The van der Waals surface area contributed by atoms with E-state index >= 15 is 0 Å².